The van der Waals surface area contributed by atoms with Crippen LogP contribution < -0.4 is 9.64 Å². The molecular weight excluding hydrogens is 272 g/mol. The molecule has 0 spiro atoms. The molecule has 0 radical (unpaired) electrons. The number of nitrogens with one attached hydrogen (secondary N) is 1. The number of para-hydroxylation sites is 1. The molecule has 1 aliphatic rings. The third kappa shape index (κ3) is 2.29. The maximum absolute atomic E-state index is 5.44. The molecule has 0 saturated heterocycles. The van der Waals surface area contributed by atoms with Gasteiger partial charge in [0.1, 0.15) is 11.6 Å². The van der Waals surface area contributed by atoms with Crippen molar-refractivity contribution in [1.29, 1.82) is 0 Å². The van der Waals surface area contributed by atoms with Gasteiger partial charge in [-0.1, -0.05) is 12.1 Å². The van der Waals surface area contributed by atoms with Crippen LogP contribution in [0, 0.1) is 0 Å². The molecule has 1 unspecified atom stereocenters. The van der Waals surface area contributed by atoms with Crippen molar-refractivity contribution in [3.63, 3.8) is 0 Å². The van der Waals surface area contributed by atoms with E-state index in [0.29, 0.717) is 6.04 Å². The van der Waals surface area contributed by atoms with Gasteiger partial charge in [-0.05, 0) is 37.7 Å². The van der Waals surface area contributed by atoms with E-state index in [1.807, 2.05) is 24.3 Å². The topological polar surface area (TPSA) is 44.4 Å². The summed E-state index contributed by atoms with van der Waals surface area (Å²) in [5.41, 5.74) is 0.999. The Morgan fingerprint density at radius 2 is 2.10 bits per heavy atom. The van der Waals surface area contributed by atoms with Crippen LogP contribution in [0.4, 0.5) is 0 Å². The van der Waals surface area contributed by atoms with Gasteiger partial charge in [0.05, 0.1) is 18.7 Å². The Hall–Kier alpha value is -1.53. The molecule has 0 saturated carbocycles. The van der Waals surface area contributed by atoms with Gasteiger partial charge >= 0.3 is 0 Å². The van der Waals surface area contributed by atoms with Crippen LogP contribution in [0.1, 0.15) is 13.8 Å². The lowest BCUT2D eigenvalue weighted by atomic mass is 10.2. The molecule has 5 nitrogen and oxygen atoms in total. The minimum atomic E-state index is 0.587. The van der Waals surface area contributed by atoms with E-state index in [1.165, 1.54) is 4.90 Å². The van der Waals surface area contributed by atoms with E-state index >= 15 is 0 Å². The molecule has 0 amide bonds. The van der Waals surface area contributed by atoms with Gasteiger partial charge < -0.3 is 9.64 Å². The van der Waals surface area contributed by atoms with Crippen molar-refractivity contribution in [3.05, 3.63) is 24.3 Å². The predicted molar refractivity (Wildman–Crippen MR) is 78.8 cm³/mol. The van der Waals surface area contributed by atoms with E-state index in [0.717, 1.165) is 34.8 Å². The third-order valence-electron chi connectivity index (χ3n) is 3.63. The van der Waals surface area contributed by atoms with Crippen LogP contribution >= 0.6 is 11.8 Å². The van der Waals surface area contributed by atoms with Crippen LogP contribution in [-0.2, 0) is 6.67 Å². The zero-order chi connectivity index (χ0) is 14.1. The van der Waals surface area contributed by atoms with Gasteiger partial charge in [-0.3, -0.25) is 4.57 Å². The Balaban J connectivity index is 2.02. The first-order chi connectivity index (χ1) is 9.70. The molecule has 106 valence electrons. The van der Waals surface area contributed by atoms with Crippen LogP contribution in [0.25, 0.3) is 11.4 Å². The number of benzene rings is 1. The smallest absolute Gasteiger partial charge is 0.201 e. The van der Waals surface area contributed by atoms with Crippen LogP contribution in [0.2, 0.25) is 0 Å². The maximum Gasteiger partial charge on any atom is 0.201 e. The number of nitrogens with zero attached hydrogens (tertiary/aromatic N) is 3. The van der Waals surface area contributed by atoms with Crippen LogP contribution in [-0.4, -0.2) is 33.8 Å². The molecular formula is C14H19N4OS+. The highest BCUT2D eigenvalue weighted by Gasteiger charge is 2.27. The van der Waals surface area contributed by atoms with Crippen molar-refractivity contribution in [3.8, 4) is 17.1 Å². The lowest BCUT2D eigenvalue weighted by molar-refractivity contribution is -0.933. The highest BCUT2D eigenvalue weighted by Crippen LogP contribution is 2.30. The number of ether oxygens (including phenoxy) is 1. The van der Waals surface area contributed by atoms with E-state index < -0.39 is 0 Å². The first-order valence-corrected chi connectivity index (χ1v) is 7.73. The summed E-state index contributed by atoms with van der Waals surface area (Å²) in [6.07, 6.45) is 0. The molecule has 2 aromatic rings. The van der Waals surface area contributed by atoms with Gasteiger partial charge in [-0.15, -0.1) is 10.2 Å². The zero-order valence-corrected chi connectivity index (χ0v) is 12.8. The van der Waals surface area contributed by atoms with Gasteiger partial charge in [0.15, 0.2) is 12.5 Å². The summed E-state index contributed by atoms with van der Waals surface area (Å²) >= 11 is 1.77. The monoisotopic (exact) mass is 291 g/mol. The summed E-state index contributed by atoms with van der Waals surface area (Å²) < 4.78 is 7.64. The van der Waals surface area contributed by atoms with Crippen molar-refractivity contribution < 1.29 is 9.64 Å². The van der Waals surface area contributed by atoms with Crippen molar-refractivity contribution in [1.82, 2.24) is 14.8 Å². The number of thioether (sulfide) groups is 1. The Labute approximate surface area is 122 Å². The number of quaternary nitrogens is 1. The molecule has 1 atom stereocenters. The average Bonchev–Trinajstić information content (AvgIpc) is 2.89. The largest absolute Gasteiger partial charge is 0.496 e. The number of hydrogen-bond acceptors (Lipinski definition) is 4. The highest BCUT2D eigenvalue weighted by molar-refractivity contribution is 7.98. The molecule has 2 heterocycles. The fourth-order valence-electron chi connectivity index (χ4n) is 2.32. The second-order valence-corrected chi connectivity index (χ2v) is 6.14. The molecule has 3 rings (SSSR count). The van der Waals surface area contributed by atoms with E-state index in [4.69, 9.17) is 4.74 Å². The number of fused-ring (bicyclic) bond motifs is 1. The highest BCUT2D eigenvalue weighted by atomic mass is 32.2. The van der Waals surface area contributed by atoms with Crippen molar-refractivity contribution in [2.45, 2.75) is 31.7 Å². The lowest BCUT2D eigenvalue weighted by Gasteiger charge is -2.27. The Morgan fingerprint density at radius 3 is 2.85 bits per heavy atom. The number of aromatic nitrogens is 3. The number of hydrogen-bond donors (Lipinski definition) is 1. The molecule has 0 aliphatic carbocycles. The molecule has 6 heteroatoms. The SMILES string of the molecule is COc1ccccc1-c1nnc2n1C[NH+](C(C)C)CS2. The molecule has 1 aliphatic heterocycles. The van der Waals surface area contributed by atoms with Gasteiger partial charge in [0, 0.05) is 0 Å². The second kappa shape index (κ2) is 5.46. The average molecular weight is 291 g/mol. The van der Waals surface area contributed by atoms with Crippen LogP contribution in [0.3, 0.4) is 0 Å². The fourth-order valence-corrected chi connectivity index (χ4v) is 3.47. The van der Waals surface area contributed by atoms with Crippen molar-refractivity contribution in [2.75, 3.05) is 13.0 Å². The minimum Gasteiger partial charge on any atom is -0.496 e. The summed E-state index contributed by atoms with van der Waals surface area (Å²) in [5.74, 6) is 2.77. The maximum atomic E-state index is 5.44. The van der Waals surface area contributed by atoms with Gasteiger partial charge in [0.25, 0.3) is 0 Å². The molecule has 0 bridgehead atoms. The zero-order valence-electron chi connectivity index (χ0n) is 12.0. The van der Waals surface area contributed by atoms with Gasteiger partial charge in [-0.25, -0.2) is 0 Å². The summed E-state index contributed by atoms with van der Waals surface area (Å²) in [7, 11) is 1.69. The first-order valence-electron chi connectivity index (χ1n) is 6.74. The normalized spacial score (nSPS) is 18.1. The first kappa shape index (κ1) is 13.5. The number of methoxy groups -OCH3 is 1. The summed E-state index contributed by atoms with van der Waals surface area (Å²) in [4.78, 5) is 1.53. The Kier molecular flexibility index (Phi) is 3.67. The second-order valence-electron chi connectivity index (χ2n) is 5.19. The Bertz CT molecular complexity index is 611. The molecule has 1 aromatic carbocycles. The summed E-state index contributed by atoms with van der Waals surface area (Å²) in [6, 6.07) is 8.55. The molecule has 1 N–H and O–H groups in total. The summed E-state index contributed by atoms with van der Waals surface area (Å²) in [6.45, 7) is 5.39. The molecule has 0 fully saturated rings. The predicted octanol–water partition coefficient (Wildman–Crippen LogP) is 1.27. The van der Waals surface area contributed by atoms with Gasteiger partial charge in [0.2, 0.25) is 5.16 Å². The van der Waals surface area contributed by atoms with E-state index in [9.17, 15) is 0 Å². The quantitative estimate of drug-likeness (QED) is 0.925. The minimum absolute atomic E-state index is 0.587. The lowest BCUT2D eigenvalue weighted by Crippen LogP contribution is -3.14. The fraction of sp³-hybridized carbons (Fsp3) is 0.429. The Morgan fingerprint density at radius 1 is 1.30 bits per heavy atom. The summed E-state index contributed by atoms with van der Waals surface area (Å²) in [5, 5.41) is 9.67. The van der Waals surface area contributed by atoms with Crippen LogP contribution in [0.5, 0.6) is 5.75 Å². The molecule has 20 heavy (non-hydrogen) atoms. The molecule has 1 aromatic heterocycles. The standard InChI is InChI=1S/C14H18N4OS/c1-10(2)17-8-18-13(15-16-14(18)20-9-17)11-6-4-5-7-12(11)19-3/h4-7,10H,8-9H2,1-3H3/p+1. The van der Waals surface area contributed by atoms with Gasteiger partial charge in [-0.2, -0.15) is 0 Å². The number of rotatable bonds is 3. The van der Waals surface area contributed by atoms with E-state index in [1.54, 1.807) is 18.9 Å². The van der Waals surface area contributed by atoms with E-state index in [-0.39, 0.29) is 0 Å². The van der Waals surface area contributed by atoms with Crippen molar-refractivity contribution >= 4 is 11.8 Å². The third-order valence-corrected chi connectivity index (χ3v) is 4.70. The van der Waals surface area contributed by atoms with E-state index in [2.05, 4.69) is 28.6 Å². The van der Waals surface area contributed by atoms with Crippen molar-refractivity contribution in [2.24, 2.45) is 0 Å². The van der Waals surface area contributed by atoms with Crippen LogP contribution in [0.15, 0.2) is 29.4 Å².